The third-order valence-corrected chi connectivity index (χ3v) is 10.4. The van der Waals surface area contributed by atoms with Gasteiger partial charge in [0.05, 0.1) is 0 Å². The Morgan fingerprint density at radius 1 is 0.326 bits per heavy atom. The quantitative estimate of drug-likeness (QED) is 0.273. The lowest BCUT2D eigenvalue weighted by molar-refractivity contribution is 0.486. The fourth-order valence-corrected chi connectivity index (χ4v) is 8.93. The molecule has 0 bridgehead atoms. The molecule has 6 aromatic rings. The molecule has 0 fully saturated rings. The number of hydrogen-bond donors (Lipinski definition) is 0. The fraction of sp³-hybridized carbons (Fsp3) is 0. The molecule has 0 saturated carbocycles. The summed E-state index contributed by atoms with van der Waals surface area (Å²) in [6.07, 6.45) is 0. The lowest BCUT2D eigenvalue weighted by Crippen LogP contribution is -2.72. The Labute approximate surface area is 248 Å². The second-order valence-corrected chi connectivity index (χ2v) is 12.3. The molecular formula is C36H18B3NO3. The summed E-state index contributed by atoms with van der Waals surface area (Å²) >= 11 is 0. The first-order valence-electron chi connectivity index (χ1n) is 15.0. The van der Waals surface area contributed by atoms with Gasteiger partial charge in [-0.3, -0.25) is 0 Å². The maximum atomic E-state index is 6.67. The topological polar surface area (TPSA) is 30.9 Å². The molecule has 7 heteroatoms. The summed E-state index contributed by atoms with van der Waals surface area (Å²) in [5.74, 6) is 5.62. The Morgan fingerprint density at radius 3 is 1.00 bits per heavy atom. The van der Waals surface area contributed by atoms with E-state index in [0.717, 1.165) is 34.5 Å². The smallest absolute Gasteiger partial charge is 0.256 e. The molecule has 6 aromatic carbocycles. The van der Waals surface area contributed by atoms with Gasteiger partial charge in [0.15, 0.2) is 0 Å². The Balaban J connectivity index is 1.29. The van der Waals surface area contributed by atoms with Crippen LogP contribution in [0.25, 0.3) is 0 Å². The predicted octanol–water partition coefficient (Wildman–Crippen LogP) is 1.96. The van der Waals surface area contributed by atoms with Gasteiger partial charge >= 0.3 is 0 Å². The molecule has 0 atom stereocenters. The van der Waals surface area contributed by atoms with Crippen molar-refractivity contribution < 1.29 is 14.2 Å². The summed E-state index contributed by atoms with van der Waals surface area (Å²) in [6.45, 7) is 0.182. The minimum atomic E-state index is 0.0608. The van der Waals surface area contributed by atoms with Gasteiger partial charge in [-0.05, 0) is 85.6 Å². The van der Waals surface area contributed by atoms with E-state index in [2.05, 4.69) is 114 Å². The predicted molar refractivity (Wildman–Crippen MR) is 175 cm³/mol. The van der Waals surface area contributed by atoms with Crippen LogP contribution >= 0.6 is 0 Å². The van der Waals surface area contributed by atoms with Crippen LogP contribution in [0.5, 0.6) is 34.5 Å². The largest absolute Gasteiger partial charge is 0.458 e. The van der Waals surface area contributed by atoms with Gasteiger partial charge in [0.2, 0.25) is 0 Å². The summed E-state index contributed by atoms with van der Waals surface area (Å²) in [6, 6.07) is 39.1. The number of benzene rings is 6. The standard InChI is InChI=1S/C36H18B3NO3/c1-4-10-25-19(7-1)37-22-13-16-29-32-34(22)40-35-23(14-17-28(41-25)31(35)37)38-20-8-2-5-11-26(20)43-30-18-15-24(36(40)33(30)38)39(32)21-9-3-6-12-27(21)42-29/h1-18H. The average Bonchev–Trinajstić information content (AvgIpc) is 3.06. The zero-order valence-corrected chi connectivity index (χ0v) is 22.8. The van der Waals surface area contributed by atoms with Gasteiger partial charge < -0.3 is 19.1 Å². The van der Waals surface area contributed by atoms with Gasteiger partial charge in [-0.25, -0.2) is 0 Å². The molecule has 0 spiro atoms. The van der Waals surface area contributed by atoms with E-state index >= 15 is 0 Å². The van der Waals surface area contributed by atoms with Gasteiger partial charge in [-0.1, -0.05) is 72.8 Å². The van der Waals surface area contributed by atoms with Gasteiger partial charge in [-0.15, -0.1) is 0 Å². The Bertz CT molecular complexity index is 2080. The summed E-state index contributed by atoms with van der Waals surface area (Å²) in [7, 11) is 0. The molecule has 0 radical (unpaired) electrons. The molecule has 0 saturated heterocycles. The van der Waals surface area contributed by atoms with E-state index in [4.69, 9.17) is 14.2 Å². The number of para-hydroxylation sites is 3. The zero-order valence-electron chi connectivity index (χ0n) is 22.8. The van der Waals surface area contributed by atoms with E-state index < -0.39 is 0 Å². The van der Waals surface area contributed by atoms with Crippen molar-refractivity contribution in [1.82, 2.24) is 0 Å². The van der Waals surface area contributed by atoms with Crippen LogP contribution in [0.15, 0.2) is 109 Å². The lowest BCUT2D eigenvalue weighted by Gasteiger charge is -2.51. The molecule has 194 valence electrons. The first kappa shape index (κ1) is 21.4. The van der Waals surface area contributed by atoms with Crippen LogP contribution in [0.1, 0.15) is 0 Å². The van der Waals surface area contributed by atoms with Crippen LogP contribution in [0.4, 0.5) is 17.1 Å². The van der Waals surface area contributed by atoms with Crippen molar-refractivity contribution in [1.29, 1.82) is 0 Å². The Kier molecular flexibility index (Phi) is 3.49. The Hall–Kier alpha value is -5.29. The molecule has 0 N–H and O–H groups in total. The molecule has 0 aliphatic carbocycles. The van der Waals surface area contributed by atoms with E-state index in [9.17, 15) is 0 Å². The number of nitrogens with zero attached hydrogens (tertiary/aromatic N) is 1. The van der Waals surface area contributed by atoms with Crippen molar-refractivity contribution in [3.8, 4) is 34.5 Å². The highest BCUT2D eigenvalue weighted by molar-refractivity contribution is 7.07. The van der Waals surface area contributed by atoms with E-state index in [0.29, 0.717) is 0 Å². The Morgan fingerprint density at radius 2 is 0.651 bits per heavy atom. The van der Waals surface area contributed by atoms with Gasteiger partial charge in [0.1, 0.15) is 34.5 Å². The minimum absolute atomic E-state index is 0.0608. The summed E-state index contributed by atoms with van der Waals surface area (Å²) in [5, 5.41) is 0. The number of hydrogen-bond acceptors (Lipinski definition) is 4. The molecule has 12 rings (SSSR count). The van der Waals surface area contributed by atoms with Crippen LogP contribution in [-0.4, -0.2) is 20.1 Å². The van der Waals surface area contributed by atoms with E-state index in [1.807, 2.05) is 0 Å². The highest BCUT2D eigenvalue weighted by Gasteiger charge is 2.55. The highest BCUT2D eigenvalue weighted by atomic mass is 16.5. The number of rotatable bonds is 0. The normalized spacial score (nSPS) is 15.3. The molecule has 6 aliphatic rings. The molecule has 0 unspecified atom stereocenters. The maximum absolute atomic E-state index is 6.67. The van der Waals surface area contributed by atoms with Crippen molar-refractivity contribution in [2.45, 2.75) is 0 Å². The van der Waals surface area contributed by atoms with Crippen molar-refractivity contribution in [3.63, 3.8) is 0 Å². The monoisotopic (exact) mass is 545 g/mol. The lowest BCUT2D eigenvalue weighted by atomic mass is 9.25. The van der Waals surface area contributed by atoms with Crippen LogP contribution in [0.3, 0.4) is 0 Å². The molecule has 43 heavy (non-hydrogen) atoms. The molecular weight excluding hydrogens is 527 g/mol. The van der Waals surface area contributed by atoms with Crippen molar-refractivity contribution >= 4 is 86.4 Å². The highest BCUT2D eigenvalue weighted by Crippen LogP contribution is 2.46. The molecule has 4 nitrogen and oxygen atoms in total. The molecule has 6 heterocycles. The van der Waals surface area contributed by atoms with Crippen molar-refractivity contribution in [2.75, 3.05) is 4.90 Å². The fourth-order valence-electron chi connectivity index (χ4n) is 8.93. The van der Waals surface area contributed by atoms with Crippen molar-refractivity contribution in [2.24, 2.45) is 0 Å². The maximum Gasteiger partial charge on any atom is 0.256 e. The first-order valence-corrected chi connectivity index (χ1v) is 15.0. The number of anilines is 3. The third-order valence-electron chi connectivity index (χ3n) is 10.4. The second kappa shape index (κ2) is 7.01. The first-order chi connectivity index (χ1) is 21.3. The van der Waals surface area contributed by atoms with Crippen LogP contribution in [0.2, 0.25) is 0 Å². The SMILES string of the molecule is c1ccc2c(c1)Oc1ccc3c4c1B2c1ccc2c5c1N4c1c(ccc4c1B3c1ccccc1O4)B5c1ccccc1O2. The van der Waals surface area contributed by atoms with Crippen molar-refractivity contribution in [3.05, 3.63) is 109 Å². The van der Waals surface area contributed by atoms with E-state index in [-0.39, 0.29) is 20.1 Å². The molecule has 0 amide bonds. The summed E-state index contributed by atoms with van der Waals surface area (Å²) in [4.78, 5) is 2.55. The van der Waals surface area contributed by atoms with E-state index in [1.165, 1.54) is 66.2 Å². The summed E-state index contributed by atoms with van der Waals surface area (Å²) in [5.41, 5.74) is 15.1. The number of ether oxygens (including phenoxy) is 3. The number of fused-ring (bicyclic) bond motifs is 9. The van der Waals surface area contributed by atoms with Crippen LogP contribution in [-0.2, 0) is 0 Å². The third kappa shape index (κ3) is 2.30. The van der Waals surface area contributed by atoms with E-state index in [1.54, 1.807) is 0 Å². The minimum Gasteiger partial charge on any atom is -0.458 e. The molecule has 0 aromatic heterocycles. The summed E-state index contributed by atoms with van der Waals surface area (Å²) < 4.78 is 20.0. The van der Waals surface area contributed by atoms with Gasteiger partial charge in [0.25, 0.3) is 20.1 Å². The van der Waals surface area contributed by atoms with Gasteiger partial charge in [0, 0.05) is 17.1 Å². The van der Waals surface area contributed by atoms with Gasteiger partial charge in [-0.2, -0.15) is 0 Å². The van der Waals surface area contributed by atoms with Crippen LogP contribution < -0.4 is 68.3 Å². The average molecular weight is 545 g/mol. The van der Waals surface area contributed by atoms with Crippen LogP contribution in [0, 0.1) is 0 Å². The zero-order chi connectivity index (χ0) is 27.6. The second-order valence-electron chi connectivity index (χ2n) is 12.3. The molecule has 6 aliphatic heterocycles.